The molecule has 0 aromatic carbocycles. The lowest BCUT2D eigenvalue weighted by atomic mass is 9.91. The molecule has 2 fully saturated rings. The Balaban J connectivity index is 1.45. The molecule has 124 valence electrons. The van der Waals surface area contributed by atoms with Gasteiger partial charge in [0.1, 0.15) is 0 Å². The first-order valence-electron chi connectivity index (χ1n) is 8.14. The number of aromatic nitrogens is 2. The first-order chi connectivity index (χ1) is 11.2. The Morgan fingerprint density at radius 3 is 3.04 bits per heavy atom. The van der Waals surface area contributed by atoms with Gasteiger partial charge in [0.05, 0.1) is 29.5 Å². The lowest BCUT2D eigenvalue weighted by Crippen LogP contribution is -2.59. The number of morpholine rings is 1. The van der Waals surface area contributed by atoms with Crippen LogP contribution in [-0.4, -0.2) is 53.3 Å². The molecule has 0 unspecified atom stereocenters. The van der Waals surface area contributed by atoms with Crippen LogP contribution in [-0.2, 0) is 11.3 Å². The van der Waals surface area contributed by atoms with Crippen molar-refractivity contribution >= 4 is 27.8 Å². The van der Waals surface area contributed by atoms with E-state index >= 15 is 0 Å². The molecule has 2 aromatic rings. The Labute approximate surface area is 144 Å². The Morgan fingerprint density at radius 2 is 2.26 bits per heavy atom. The molecule has 0 saturated carbocycles. The van der Waals surface area contributed by atoms with Gasteiger partial charge in [0.25, 0.3) is 0 Å². The van der Waals surface area contributed by atoms with Crippen molar-refractivity contribution in [2.24, 2.45) is 0 Å². The molecule has 2 saturated heterocycles. The summed E-state index contributed by atoms with van der Waals surface area (Å²) < 4.78 is 6.28. The molecule has 5 nitrogen and oxygen atoms in total. The van der Waals surface area contributed by atoms with Gasteiger partial charge in [-0.1, -0.05) is 0 Å². The lowest BCUT2D eigenvalue weighted by Gasteiger charge is -2.48. The maximum atomic E-state index is 6.28. The summed E-state index contributed by atoms with van der Waals surface area (Å²) in [5.41, 5.74) is 1.14. The average molecular weight is 351 g/mol. The number of piperidine rings is 1. The molecule has 2 aliphatic heterocycles. The third-order valence-corrected chi connectivity index (χ3v) is 6.26. The van der Waals surface area contributed by atoms with Crippen LogP contribution in [0.15, 0.2) is 17.0 Å². The summed E-state index contributed by atoms with van der Waals surface area (Å²) in [6.45, 7) is 7.85. The zero-order chi connectivity index (χ0) is 15.7. The van der Waals surface area contributed by atoms with E-state index in [0.717, 1.165) is 55.9 Å². The molecule has 0 amide bonds. The van der Waals surface area contributed by atoms with Gasteiger partial charge in [-0.2, -0.15) is 0 Å². The molecule has 1 spiro atoms. The van der Waals surface area contributed by atoms with E-state index in [9.17, 15) is 0 Å². The van der Waals surface area contributed by atoms with Crippen LogP contribution in [0.1, 0.15) is 23.5 Å². The fourth-order valence-electron chi connectivity index (χ4n) is 3.65. The first kappa shape index (κ1) is 15.5. The molecule has 2 aromatic heterocycles. The number of anilines is 1. The van der Waals surface area contributed by atoms with E-state index in [1.807, 2.05) is 6.20 Å². The standard InChI is InChI=1S/C16H22N4OS2/c1-13-18-14(10-23-13)9-19-6-7-21-16(11-19)3-2-5-20(12-16)15-17-4-8-22-15/h4,8,10H,2-3,5-7,9,11-12H2,1H3/t16-/m0/s1. The molecule has 7 heteroatoms. The van der Waals surface area contributed by atoms with E-state index < -0.39 is 0 Å². The molecule has 1 atom stereocenters. The van der Waals surface area contributed by atoms with Crippen molar-refractivity contribution < 1.29 is 4.74 Å². The quantitative estimate of drug-likeness (QED) is 0.851. The summed E-state index contributed by atoms with van der Waals surface area (Å²) in [7, 11) is 0. The minimum absolute atomic E-state index is 0.0484. The summed E-state index contributed by atoms with van der Waals surface area (Å²) in [4.78, 5) is 14.0. The summed E-state index contributed by atoms with van der Waals surface area (Å²) in [5, 5.41) is 6.51. The van der Waals surface area contributed by atoms with Crippen molar-refractivity contribution in [2.45, 2.75) is 31.9 Å². The highest BCUT2D eigenvalue weighted by atomic mass is 32.1. The van der Waals surface area contributed by atoms with Gasteiger partial charge in [0.2, 0.25) is 0 Å². The van der Waals surface area contributed by atoms with Crippen molar-refractivity contribution in [1.82, 2.24) is 14.9 Å². The Morgan fingerprint density at radius 1 is 1.30 bits per heavy atom. The topological polar surface area (TPSA) is 41.5 Å². The fourth-order valence-corrected chi connectivity index (χ4v) is 4.92. The molecule has 23 heavy (non-hydrogen) atoms. The van der Waals surface area contributed by atoms with Gasteiger partial charge < -0.3 is 9.64 Å². The third kappa shape index (κ3) is 3.42. The summed E-state index contributed by atoms with van der Waals surface area (Å²) in [6.07, 6.45) is 4.20. The van der Waals surface area contributed by atoms with Gasteiger partial charge in [-0.15, -0.1) is 22.7 Å². The molecule has 4 heterocycles. The molecule has 0 radical (unpaired) electrons. The molecule has 0 aliphatic carbocycles. The van der Waals surface area contributed by atoms with Gasteiger partial charge in [0, 0.05) is 43.1 Å². The molecule has 4 rings (SSSR count). The summed E-state index contributed by atoms with van der Waals surface area (Å²) in [6, 6.07) is 0. The second-order valence-corrected chi connectivity index (χ2v) is 8.38. The lowest BCUT2D eigenvalue weighted by molar-refractivity contribution is -0.116. The highest BCUT2D eigenvalue weighted by Crippen LogP contribution is 2.32. The van der Waals surface area contributed by atoms with Crippen LogP contribution in [0.4, 0.5) is 5.13 Å². The second kappa shape index (κ2) is 6.47. The normalized spacial score (nSPS) is 26.0. The monoisotopic (exact) mass is 350 g/mol. The molecule has 0 bridgehead atoms. The van der Waals surface area contributed by atoms with Crippen LogP contribution in [0.2, 0.25) is 0 Å². The van der Waals surface area contributed by atoms with Crippen molar-refractivity contribution in [2.75, 3.05) is 37.7 Å². The van der Waals surface area contributed by atoms with E-state index in [0.29, 0.717) is 0 Å². The minimum Gasteiger partial charge on any atom is -0.370 e. The van der Waals surface area contributed by atoms with Gasteiger partial charge in [-0.05, 0) is 19.8 Å². The van der Waals surface area contributed by atoms with Crippen LogP contribution in [0.25, 0.3) is 0 Å². The number of thiazole rings is 2. The Kier molecular flexibility index (Phi) is 4.36. The zero-order valence-electron chi connectivity index (χ0n) is 13.4. The van der Waals surface area contributed by atoms with Crippen LogP contribution < -0.4 is 4.90 Å². The van der Waals surface area contributed by atoms with Crippen molar-refractivity contribution in [3.8, 4) is 0 Å². The fraction of sp³-hybridized carbons (Fsp3) is 0.625. The maximum absolute atomic E-state index is 6.28. The van der Waals surface area contributed by atoms with Crippen LogP contribution in [0, 0.1) is 6.92 Å². The Bertz CT molecular complexity index is 640. The third-order valence-electron chi connectivity index (χ3n) is 4.61. The van der Waals surface area contributed by atoms with Crippen molar-refractivity contribution in [3.05, 3.63) is 27.7 Å². The van der Waals surface area contributed by atoms with Crippen LogP contribution >= 0.6 is 22.7 Å². The van der Waals surface area contributed by atoms with Gasteiger partial charge in [-0.3, -0.25) is 4.90 Å². The highest BCUT2D eigenvalue weighted by Gasteiger charge is 2.41. The zero-order valence-corrected chi connectivity index (χ0v) is 15.0. The van der Waals surface area contributed by atoms with E-state index in [2.05, 4.69) is 37.5 Å². The van der Waals surface area contributed by atoms with Crippen molar-refractivity contribution in [3.63, 3.8) is 0 Å². The smallest absolute Gasteiger partial charge is 0.185 e. The number of aryl methyl sites for hydroxylation is 1. The molecule has 2 aliphatic rings. The van der Waals surface area contributed by atoms with Crippen LogP contribution in [0.5, 0.6) is 0 Å². The molecule has 0 N–H and O–H groups in total. The minimum atomic E-state index is -0.0484. The number of hydrogen-bond donors (Lipinski definition) is 0. The van der Waals surface area contributed by atoms with E-state index in [1.165, 1.54) is 12.1 Å². The SMILES string of the molecule is Cc1nc(CN2CCO[C@@]3(CCCN(c4nccs4)C3)C2)cs1. The first-order valence-corrected chi connectivity index (χ1v) is 9.90. The van der Waals surface area contributed by atoms with Crippen molar-refractivity contribution in [1.29, 1.82) is 0 Å². The van der Waals surface area contributed by atoms with Gasteiger partial charge in [0.15, 0.2) is 5.13 Å². The molecular weight excluding hydrogens is 328 g/mol. The number of hydrogen-bond acceptors (Lipinski definition) is 7. The largest absolute Gasteiger partial charge is 0.370 e. The number of ether oxygens (including phenoxy) is 1. The Hall–Kier alpha value is -1.02. The van der Waals surface area contributed by atoms with E-state index in [4.69, 9.17) is 4.74 Å². The summed E-state index contributed by atoms with van der Waals surface area (Å²) in [5.74, 6) is 0. The second-order valence-electron chi connectivity index (χ2n) is 6.44. The average Bonchev–Trinajstić information content (AvgIpc) is 3.19. The summed E-state index contributed by atoms with van der Waals surface area (Å²) >= 11 is 3.45. The number of rotatable bonds is 3. The van der Waals surface area contributed by atoms with Gasteiger partial charge >= 0.3 is 0 Å². The van der Waals surface area contributed by atoms with Gasteiger partial charge in [-0.25, -0.2) is 9.97 Å². The molecular formula is C16H22N4OS2. The highest BCUT2D eigenvalue weighted by molar-refractivity contribution is 7.13. The van der Waals surface area contributed by atoms with E-state index in [1.54, 1.807) is 22.7 Å². The van der Waals surface area contributed by atoms with E-state index in [-0.39, 0.29) is 5.60 Å². The maximum Gasteiger partial charge on any atom is 0.185 e. The van der Waals surface area contributed by atoms with Crippen LogP contribution in [0.3, 0.4) is 0 Å². The number of nitrogens with zero attached hydrogens (tertiary/aromatic N) is 4. The predicted molar refractivity (Wildman–Crippen MR) is 94.4 cm³/mol. The predicted octanol–water partition coefficient (Wildman–Crippen LogP) is 2.78.